The summed E-state index contributed by atoms with van der Waals surface area (Å²) in [5.74, 6) is -0.250. The van der Waals surface area contributed by atoms with Crippen molar-refractivity contribution < 1.29 is 13.2 Å². The number of hydrogen-bond acceptors (Lipinski definition) is 3. The van der Waals surface area contributed by atoms with Crippen LogP contribution in [0.1, 0.15) is 27.5 Å². The lowest BCUT2D eigenvalue weighted by molar-refractivity contribution is 0.0827. The summed E-state index contributed by atoms with van der Waals surface area (Å²) in [6.45, 7) is 0. The Bertz CT molecular complexity index is 1150. The van der Waals surface area contributed by atoms with Gasteiger partial charge in [-0.05, 0) is 35.4 Å². The zero-order valence-corrected chi connectivity index (χ0v) is 19.4. The molecule has 0 N–H and O–H groups in total. The summed E-state index contributed by atoms with van der Waals surface area (Å²) in [6.07, 6.45) is 0. The summed E-state index contributed by atoms with van der Waals surface area (Å²) in [5.41, 5.74) is 2.00. The highest BCUT2D eigenvalue weighted by molar-refractivity contribution is 9.10. The minimum absolute atomic E-state index is 0.0747. The van der Waals surface area contributed by atoms with E-state index in [1.165, 1.54) is 21.3 Å². The Balaban J connectivity index is 2.11. The Labute approximate surface area is 186 Å². The topological polar surface area (TPSA) is 57.7 Å². The zero-order valence-electron chi connectivity index (χ0n) is 17.0. The number of rotatable bonds is 6. The molecule has 30 heavy (non-hydrogen) atoms. The number of amides is 1. The summed E-state index contributed by atoms with van der Waals surface area (Å²) >= 11 is 3.56. The van der Waals surface area contributed by atoms with E-state index in [0.717, 1.165) is 15.6 Å². The molecule has 156 valence electrons. The lowest BCUT2D eigenvalue weighted by atomic mass is 9.99. The molecular formula is C23H23BrN2O3S. The van der Waals surface area contributed by atoms with Gasteiger partial charge in [-0.2, -0.15) is 4.31 Å². The van der Waals surface area contributed by atoms with Crippen molar-refractivity contribution in [2.75, 3.05) is 21.1 Å². The van der Waals surface area contributed by atoms with Crippen molar-refractivity contribution in [3.05, 3.63) is 100 Å². The van der Waals surface area contributed by atoms with Crippen LogP contribution in [0.2, 0.25) is 0 Å². The molecule has 5 nitrogen and oxygen atoms in total. The van der Waals surface area contributed by atoms with Gasteiger partial charge in [-0.15, -0.1) is 0 Å². The third-order valence-electron chi connectivity index (χ3n) is 4.84. The van der Waals surface area contributed by atoms with Crippen molar-refractivity contribution in [2.24, 2.45) is 0 Å². The van der Waals surface area contributed by atoms with E-state index in [1.807, 2.05) is 54.6 Å². The molecule has 0 saturated carbocycles. The quantitative estimate of drug-likeness (QED) is 0.512. The maximum atomic E-state index is 13.6. The molecule has 0 spiro atoms. The summed E-state index contributed by atoms with van der Waals surface area (Å²) in [5, 5.41) is 0. The molecule has 0 aliphatic heterocycles. The third-order valence-corrected chi connectivity index (χ3v) is 7.38. The van der Waals surface area contributed by atoms with Gasteiger partial charge in [0.2, 0.25) is 10.0 Å². The summed E-state index contributed by atoms with van der Waals surface area (Å²) in [7, 11) is 0.937. The zero-order chi connectivity index (χ0) is 21.9. The average Bonchev–Trinajstić information content (AvgIpc) is 2.75. The Hall–Kier alpha value is -2.48. The van der Waals surface area contributed by atoms with E-state index in [4.69, 9.17) is 0 Å². The van der Waals surface area contributed by atoms with Gasteiger partial charge in [0, 0.05) is 31.2 Å². The van der Waals surface area contributed by atoms with Gasteiger partial charge < -0.3 is 4.90 Å². The molecule has 3 rings (SSSR count). The van der Waals surface area contributed by atoms with E-state index in [1.54, 1.807) is 33.3 Å². The van der Waals surface area contributed by atoms with Gasteiger partial charge in [-0.3, -0.25) is 4.79 Å². The lowest BCUT2D eigenvalue weighted by Gasteiger charge is -2.29. The second-order valence-corrected chi connectivity index (χ2v) is 9.94. The van der Waals surface area contributed by atoms with Crippen LogP contribution in [-0.2, 0) is 10.0 Å². The van der Waals surface area contributed by atoms with Crippen LogP contribution in [0.4, 0.5) is 0 Å². The Morgan fingerprint density at radius 1 is 0.867 bits per heavy atom. The molecule has 0 bridgehead atoms. The minimum atomic E-state index is -3.89. The van der Waals surface area contributed by atoms with Gasteiger partial charge in [0.15, 0.2) is 0 Å². The van der Waals surface area contributed by atoms with Crippen LogP contribution in [0.5, 0.6) is 0 Å². The minimum Gasteiger partial charge on any atom is -0.345 e. The highest BCUT2D eigenvalue weighted by atomic mass is 79.9. The summed E-state index contributed by atoms with van der Waals surface area (Å²) in [6, 6.07) is 22.6. The van der Waals surface area contributed by atoms with Crippen LogP contribution >= 0.6 is 15.9 Å². The van der Waals surface area contributed by atoms with Crippen molar-refractivity contribution in [2.45, 2.75) is 10.9 Å². The van der Waals surface area contributed by atoms with Crippen LogP contribution < -0.4 is 0 Å². The van der Waals surface area contributed by atoms with Crippen LogP contribution in [0, 0.1) is 0 Å². The number of sulfonamides is 1. The van der Waals surface area contributed by atoms with Gasteiger partial charge in [-0.1, -0.05) is 70.5 Å². The van der Waals surface area contributed by atoms with Crippen molar-refractivity contribution in [3.63, 3.8) is 0 Å². The number of nitrogens with zero attached hydrogens (tertiary/aromatic N) is 2. The fourth-order valence-corrected chi connectivity index (χ4v) is 5.14. The largest absolute Gasteiger partial charge is 0.345 e. The van der Waals surface area contributed by atoms with Gasteiger partial charge in [0.25, 0.3) is 5.91 Å². The van der Waals surface area contributed by atoms with Gasteiger partial charge >= 0.3 is 0 Å². The first-order chi connectivity index (χ1) is 14.2. The van der Waals surface area contributed by atoms with Crippen molar-refractivity contribution in [1.29, 1.82) is 0 Å². The normalized spacial score (nSPS) is 12.6. The van der Waals surface area contributed by atoms with Crippen LogP contribution in [-0.4, -0.2) is 44.7 Å². The number of carbonyl (C=O) groups is 1. The summed E-state index contributed by atoms with van der Waals surface area (Å²) in [4.78, 5) is 13.8. The Morgan fingerprint density at radius 2 is 1.50 bits per heavy atom. The second kappa shape index (κ2) is 9.12. The Kier molecular flexibility index (Phi) is 6.75. The molecule has 3 aromatic rings. The second-order valence-electron chi connectivity index (χ2n) is 7.08. The standard InChI is InChI=1S/C23H23BrN2O3S/c1-25(2)23(27)18-12-9-13-19(16-18)30(28,29)26(3)22(17-10-5-4-6-11-17)20-14-7-8-15-21(20)24/h4-16,22H,1-3H3. The first kappa shape index (κ1) is 22.2. The fraction of sp³-hybridized carbons (Fsp3) is 0.174. The summed E-state index contributed by atoms with van der Waals surface area (Å²) < 4.78 is 29.3. The molecule has 7 heteroatoms. The molecule has 3 aromatic carbocycles. The molecule has 0 saturated heterocycles. The number of hydrogen-bond donors (Lipinski definition) is 0. The lowest BCUT2D eigenvalue weighted by Crippen LogP contribution is -2.32. The molecule has 1 atom stereocenters. The maximum absolute atomic E-state index is 13.6. The molecule has 0 aliphatic rings. The number of carbonyl (C=O) groups excluding carboxylic acids is 1. The third kappa shape index (κ3) is 4.48. The number of halogens is 1. The van der Waals surface area contributed by atoms with Crippen molar-refractivity contribution >= 4 is 31.9 Å². The molecule has 0 heterocycles. The van der Waals surface area contributed by atoms with Gasteiger partial charge in [0.05, 0.1) is 10.9 Å². The molecular weight excluding hydrogens is 464 g/mol. The first-order valence-electron chi connectivity index (χ1n) is 9.32. The average molecular weight is 487 g/mol. The Morgan fingerprint density at radius 3 is 2.13 bits per heavy atom. The SMILES string of the molecule is CN(C)C(=O)c1cccc(S(=O)(=O)N(C)C(c2ccccc2)c2ccccc2Br)c1. The predicted molar refractivity (Wildman–Crippen MR) is 122 cm³/mol. The van der Waals surface area contributed by atoms with E-state index in [0.29, 0.717) is 5.56 Å². The number of benzene rings is 3. The van der Waals surface area contributed by atoms with Gasteiger partial charge in [0.1, 0.15) is 0 Å². The monoisotopic (exact) mass is 486 g/mol. The molecule has 1 amide bonds. The van der Waals surface area contributed by atoms with Crippen LogP contribution in [0.3, 0.4) is 0 Å². The molecule has 0 aliphatic carbocycles. The highest BCUT2D eigenvalue weighted by Crippen LogP contribution is 2.35. The molecule has 0 radical (unpaired) electrons. The maximum Gasteiger partial charge on any atom is 0.253 e. The van der Waals surface area contributed by atoms with E-state index < -0.39 is 16.1 Å². The van der Waals surface area contributed by atoms with E-state index >= 15 is 0 Å². The van der Waals surface area contributed by atoms with E-state index in [9.17, 15) is 13.2 Å². The first-order valence-corrected chi connectivity index (χ1v) is 11.6. The smallest absolute Gasteiger partial charge is 0.253 e. The van der Waals surface area contributed by atoms with Crippen LogP contribution in [0.15, 0.2) is 88.2 Å². The molecule has 1 unspecified atom stereocenters. The van der Waals surface area contributed by atoms with E-state index in [-0.39, 0.29) is 10.8 Å². The van der Waals surface area contributed by atoms with Crippen molar-refractivity contribution in [1.82, 2.24) is 9.21 Å². The van der Waals surface area contributed by atoms with Gasteiger partial charge in [-0.25, -0.2) is 8.42 Å². The van der Waals surface area contributed by atoms with Crippen molar-refractivity contribution in [3.8, 4) is 0 Å². The fourth-order valence-electron chi connectivity index (χ4n) is 3.27. The van der Waals surface area contributed by atoms with E-state index in [2.05, 4.69) is 15.9 Å². The highest BCUT2D eigenvalue weighted by Gasteiger charge is 2.31. The molecule has 0 fully saturated rings. The predicted octanol–water partition coefficient (Wildman–Crippen LogP) is 4.56. The van der Waals surface area contributed by atoms with Crippen LogP contribution in [0.25, 0.3) is 0 Å². The molecule has 0 aromatic heterocycles.